The van der Waals surface area contributed by atoms with Crippen molar-refractivity contribution in [3.05, 3.63) is 90.0 Å². The van der Waals surface area contributed by atoms with Crippen molar-refractivity contribution in [3.8, 4) is 0 Å². The molecule has 0 saturated heterocycles. The highest BCUT2D eigenvalue weighted by Gasteiger charge is 2.29. The molecule has 0 radical (unpaired) electrons. The van der Waals surface area contributed by atoms with Crippen molar-refractivity contribution in [2.45, 2.75) is 39.8 Å². The normalized spacial score (nSPS) is 13.7. The van der Waals surface area contributed by atoms with Crippen molar-refractivity contribution in [2.24, 2.45) is 5.41 Å². The Labute approximate surface area is 171 Å². The lowest BCUT2D eigenvalue weighted by Gasteiger charge is -2.20. The molecule has 0 aliphatic rings. The number of halogens is 3. The third-order valence-corrected chi connectivity index (χ3v) is 4.77. The molecule has 4 heteroatoms. The van der Waals surface area contributed by atoms with Crippen molar-refractivity contribution in [1.82, 2.24) is 0 Å². The van der Waals surface area contributed by atoms with Gasteiger partial charge in [0.1, 0.15) is 0 Å². The molecule has 1 atom stereocenters. The first kappa shape index (κ1) is 22.5. The lowest BCUT2D eigenvalue weighted by molar-refractivity contribution is -0.137. The zero-order valence-electron chi connectivity index (χ0n) is 17.2. The first-order valence-electron chi connectivity index (χ1n) is 9.62. The minimum Gasteiger partial charge on any atom is -0.356 e. The minimum atomic E-state index is -4.32. The third-order valence-electron chi connectivity index (χ3n) is 4.77. The third kappa shape index (κ3) is 7.30. The maximum Gasteiger partial charge on any atom is 0.416 e. The quantitative estimate of drug-likeness (QED) is 0.439. The molecule has 1 N–H and O–H groups in total. The predicted octanol–water partition coefficient (Wildman–Crippen LogP) is 8.40. The topological polar surface area (TPSA) is 12.0 Å². The fraction of sp³-hybridized carbons (Fsp3) is 0.280. The smallest absolute Gasteiger partial charge is 0.356 e. The molecule has 2 aromatic rings. The van der Waals surface area contributed by atoms with Gasteiger partial charge in [0.05, 0.1) is 5.56 Å². The highest BCUT2D eigenvalue weighted by atomic mass is 19.4. The maximum absolute atomic E-state index is 12.6. The highest BCUT2D eigenvalue weighted by Crippen LogP contribution is 2.31. The summed E-state index contributed by atoms with van der Waals surface area (Å²) in [5, 5.41) is 3.12. The second-order valence-corrected chi connectivity index (χ2v) is 7.69. The largest absolute Gasteiger partial charge is 0.416 e. The number of rotatable bonds is 8. The highest BCUT2D eigenvalue weighted by molar-refractivity contribution is 5.62. The minimum absolute atomic E-state index is 0.0803. The lowest BCUT2D eigenvalue weighted by Crippen LogP contribution is -2.08. The van der Waals surface area contributed by atoms with Gasteiger partial charge in [-0.3, -0.25) is 0 Å². The second kappa shape index (κ2) is 9.64. The van der Waals surface area contributed by atoms with Gasteiger partial charge < -0.3 is 5.32 Å². The van der Waals surface area contributed by atoms with E-state index in [1.807, 2.05) is 30.3 Å². The van der Waals surface area contributed by atoms with Crippen LogP contribution in [0.5, 0.6) is 0 Å². The van der Waals surface area contributed by atoms with Gasteiger partial charge >= 0.3 is 6.18 Å². The van der Waals surface area contributed by atoms with E-state index in [0.717, 1.165) is 36.2 Å². The Morgan fingerprint density at radius 2 is 1.52 bits per heavy atom. The van der Waals surface area contributed by atoms with E-state index in [4.69, 9.17) is 0 Å². The lowest BCUT2D eigenvalue weighted by atomic mass is 9.84. The van der Waals surface area contributed by atoms with E-state index in [9.17, 15) is 13.2 Å². The average Bonchev–Trinajstić information content (AvgIpc) is 2.67. The van der Waals surface area contributed by atoms with Crippen LogP contribution in [0.3, 0.4) is 0 Å². The van der Waals surface area contributed by atoms with E-state index in [1.165, 1.54) is 17.7 Å². The van der Waals surface area contributed by atoms with Gasteiger partial charge in [0, 0.05) is 16.8 Å². The van der Waals surface area contributed by atoms with E-state index in [2.05, 4.69) is 50.9 Å². The number of hydrogen-bond donors (Lipinski definition) is 1. The zero-order valence-corrected chi connectivity index (χ0v) is 17.2. The van der Waals surface area contributed by atoms with E-state index < -0.39 is 11.7 Å². The van der Waals surface area contributed by atoms with Crippen LogP contribution < -0.4 is 5.32 Å². The average molecular weight is 400 g/mol. The summed E-state index contributed by atoms with van der Waals surface area (Å²) in [5.41, 5.74) is 3.06. The molecule has 0 unspecified atom stereocenters. The summed E-state index contributed by atoms with van der Waals surface area (Å²) < 4.78 is 37.9. The predicted molar refractivity (Wildman–Crippen MR) is 117 cm³/mol. The maximum atomic E-state index is 12.6. The molecule has 0 saturated carbocycles. The number of allylic oxidation sites excluding steroid dienone is 4. The standard InChI is InChI=1S/C25H28F3N/c1-5-24(4,17-6-7-19(2)3)18-16-20-8-12-22(13-9-20)29-23-14-10-21(11-15-23)25(26,27)28/h5,7-16,18,29H,1,6,17H2,2-4H3/b18-16+/t24-/m1/s1. The molecule has 2 rings (SSSR count). The molecular weight excluding hydrogens is 371 g/mol. The van der Waals surface area contributed by atoms with E-state index in [0.29, 0.717) is 5.69 Å². The van der Waals surface area contributed by atoms with Gasteiger partial charge in [0.25, 0.3) is 0 Å². The molecule has 29 heavy (non-hydrogen) atoms. The van der Waals surface area contributed by atoms with Crippen LogP contribution in [0.1, 0.15) is 44.7 Å². The van der Waals surface area contributed by atoms with Crippen LogP contribution in [0, 0.1) is 5.41 Å². The van der Waals surface area contributed by atoms with Gasteiger partial charge in [0.2, 0.25) is 0 Å². The van der Waals surface area contributed by atoms with Crippen LogP contribution in [0.4, 0.5) is 24.5 Å². The Kier molecular flexibility index (Phi) is 7.49. The van der Waals surface area contributed by atoms with Gasteiger partial charge in [-0.05, 0) is 68.7 Å². The Hall–Kier alpha value is -2.75. The molecule has 0 aromatic heterocycles. The van der Waals surface area contributed by atoms with E-state index >= 15 is 0 Å². The molecular formula is C25H28F3N. The van der Waals surface area contributed by atoms with Crippen molar-refractivity contribution < 1.29 is 13.2 Å². The molecule has 2 aromatic carbocycles. The summed E-state index contributed by atoms with van der Waals surface area (Å²) >= 11 is 0. The fourth-order valence-corrected chi connectivity index (χ4v) is 2.80. The summed E-state index contributed by atoms with van der Waals surface area (Å²) in [5.74, 6) is 0. The van der Waals surface area contributed by atoms with Gasteiger partial charge in [-0.15, -0.1) is 6.58 Å². The second-order valence-electron chi connectivity index (χ2n) is 7.69. The molecule has 0 aliphatic heterocycles. The summed E-state index contributed by atoms with van der Waals surface area (Å²) in [7, 11) is 0. The first-order chi connectivity index (χ1) is 13.6. The van der Waals surface area contributed by atoms with Crippen LogP contribution in [0.2, 0.25) is 0 Å². The Bertz CT molecular complexity index is 854. The van der Waals surface area contributed by atoms with Crippen molar-refractivity contribution in [1.29, 1.82) is 0 Å². The summed E-state index contributed by atoms with van der Waals surface area (Å²) in [6, 6.07) is 12.8. The van der Waals surface area contributed by atoms with Crippen LogP contribution in [0.25, 0.3) is 6.08 Å². The Morgan fingerprint density at radius 3 is 2.00 bits per heavy atom. The number of benzene rings is 2. The summed E-state index contributed by atoms with van der Waals surface area (Å²) in [6.07, 6.45) is 6.12. The molecule has 0 bridgehead atoms. The van der Waals surface area contributed by atoms with Crippen molar-refractivity contribution in [3.63, 3.8) is 0 Å². The van der Waals surface area contributed by atoms with Crippen LogP contribution in [-0.4, -0.2) is 0 Å². The molecule has 0 fully saturated rings. The number of alkyl halides is 3. The monoisotopic (exact) mass is 399 g/mol. The number of nitrogens with one attached hydrogen (secondary N) is 1. The van der Waals surface area contributed by atoms with Crippen molar-refractivity contribution >= 4 is 17.5 Å². The Morgan fingerprint density at radius 1 is 0.966 bits per heavy atom. The van der Waals surface area contributed by atoms with Crippen LogP contribution in [0.15, 0.2) is 78.9 Å². The van der Waals surface area contributed by atoms with Gasteiger partial charge in [-0.1, -0.05) is 48.9 Å². The zero-order chi connectivity index (χ0) is 21.5. The van der Waals surface area contributed by atoms with E-state index in [1.54, 1.807) is 0 Å². The molecule has 0 aliphatic carbocycles. The van der Waals surface area contributed by atoms with Gasteiger partial charge in [-0.2, -0.15) is 13.2 Å². The van der Waals surface area contributed by atoms with Gasteiger partial charge in [0.15, 0.2) is 0 Å². The number of hydrogen-bond acceptors (Lipinski definition) is 1. The van der Waals surface area contributed by atoms with Gasteiger partial charge in [-0.25, -0.2) is 0 Å². The number of anilines is 2. The molecule has 1 nitrogen and oxygen atoms in total. The first-order valence-corrected chi connectivity index (χ1v) is 9.62. The summed E-state index contributed by atoms with van der Waals surface area (Å²) in [6.45, 7) is 10.3. The molecule has 0 amide bonds. The fourth-order valence-electron chi connectivity index (χ4n) is 2.80. The SMILES string of the molecule is C=C[C@@](C)(/C=C/c1ccc(Nc2ccc(C(F)(F)F)cc2)cc1)CCC=C(C)C. The molecule has 154 valence electrons. The Balaban J connectivity index is 2.01. The van der Waals surface area contributed by atoms with Crippen LogP contribution >= 0.6 is 0 Å². The molecule has 0 spiro atoms. The van der Waals surface area contributed by atoms with Crippen molar-refractivity contribution in [2.75, 3.05) is 5.32 Å². The molecule has 0 heterocycles. The van der Waals surface area contributed by atoms with Crippen LogP contribution in [-0.2, 0) is 6.18 Å². The van der Waals surface area contributed by atoms with E-state index in [-0.39, 0.29) is 5.41 Å². The summed E-state index contributed by atoms with van der Waals surface area (Å²) in [4.78, 5) is 0.